The highest BCUT2D eigenvalue weighted by Crippen LogP contribution is 2.49. The molecule has 2 saturated heterocycles. The second-order valence-electron chi connectivity index (χ2n) is 8.16. The summed E-state index contributed by atoms with van der Waals surface area (Å²) >= 11 is 0. The van der Waals surface area contributed by atoms with Gasteiger partial charge in [-0.1, -0.05) is 20.4 Å². The van der Waals surface area contributed by atoms with Gasteiger partial charge in [-0.15, -0.1) is 0 Å². The van der Waals surface area contributed by atoms with E-state index in [2.05, 4.69) is 6.58 Å². The van der Waals surface area contributed by atoms with Gasteiger partial charge in [-0.3, -0.25) is 4.79 Å². The van der Waals surface area contributed by atoms with Crippen LogP contribution < -0.4 is 0 Å². The summed E-state index contributed by atoms with van der Waals surface area (Å²) < 4.78 is 23.4. The van der Waals surface area contributed by atoms with Crippen molar-refractivity contribution in [2.45, 2.75) is 70.1 Å². The van der Waals surface area contributed by atoms with Gasteiger partial charge in [0, 0.05) is 25.5 Å². The second-order valence-corrected chi connectivity index (χ2v) is 8.16. The first-order valence-corrected chi connectivity index (χ1v) is 9.86. The van der Waals surface area contributed by atoms with Gasteiger partial charge in [0.05, 0.1) is 24.0 Å². The van der Waals surface area contributed by atoms with Crippen LogP contribution in [0.4, 0.5) is 0 Å². The molecule has 0 aromatic carbocycles. The fourth-order valence-corrected chi connectivity index (χ4v) is 4.34. The lowest BCUT2D eigenvalue weighted by Gasteiger charge is -2.36. The Labute approximate surface area is 165 Å². The largest absolute Gasteiger partial charge is 0.461 e. The van der Waals surface area contributed by atoms with Gasteiger partial charge in [0.15, 0.2) is 5.79 Å². The van der Waals surface area contributed by atoms with Crippen molar-refractivity contribution in [1.29, 1.82) is 0 Å². The van der Waals surface area contributed by atoms with Crippen LogP contribution in [0.25, 0.3) is 0 Å². The van der Waals surface area contributed by atoms with Gasteiger partial charge in [-0.05, 0) is 31.4 Å². The number of carbonyl (C=O) groups excluding carboxylic acids is 2. The molecular weight excluding hydrogens is 364 g/mol. The van der Waals surface area contributed by atoms with Crippen LogP contribution in [-0.2, 0) is 28.5 Å². The maximum absolute atomic E-state index is 12.6. The highest BCUT2D eigenvalue weighted by atomic mass is 16.7. The van der Waals surface area contributed by atoms with Crippen molar-refractivity contribution >= 4 is 11.9 Å². The Morgan fingerprint density at radius 3 is 2.79 bits per heavy atom. The van der Waals surface area contributed by atoms with E-state index in [0.29, 0.717) is 19.3 Å². The Kier molecular flexibility index (Phi) is 5.71. The van der Waals surface area contributed by atoms with Crippen molar-refractivity contribution in [2.75, 3.05) is 13.7 Å². The van der Waals surface area contributed by atoms with Crippen LogP contribution in [0.2, 0.25) is 0 Å². The molecule has 28 heavy (non-hydrogen) atoms. The van der Waals surface area contributed by atoms with Gasteiger partial charge in [-0.25, -0.2) is 4.79 Å². The average Bonchev–Trinajstić information content (AvgIpc) is 3.20. The van der Waals surface area contributed by atoms with Gasteiger partial charge < -0.3 is 24.1 Å². The Morgan fingerprint density at radius 2 is 2.18 bits per heavy atom. The van der Waals surface area contributed by atoms with E-state index >= 15 is 0 Å². The molecule has 156 valence electrons. The van der Waals surface area contributed by atoms with Crippen LogP contribution in [0.3, 0.4) is 0 Å². The molecule has 0 aromatic rings. The zero-order valence-corrected chi connectivity index (χ0v) is 17.0. The molecule has 0 spiro atoms. The van der Waals surface area contributed by atoms with E-state index in [1.807, 2.05) is 13.8 Å². The third kappa shape index (κ3) is 3.40. The van der Waals surface area contributed by atoms with Crippen LogP contribution in [-0.4, -0.2) is 54.4 Å². The summed E-state index contributed by atoms with van der Waals surface area (Å²) in [6.07, 6.45) is 2.43. The Morgan fingerprint density at radius 1 is 1.46 bits per heavy atom. The number of fused-ring (bicyclic) bond motifs is 3. The van der Waals surface area contributed by atoms with Gasteiger partial charge in [0.2, 0.25) is 0 Å². The molecule has 7 heteroatoms. The minimum atomic E-state index is -1.00. The van der Waals surface area contributed by atoms with E-state index in [9.17, 15) is 14.7 Å². The van der Waals surface area contributed by atoms with E-state index in [1.165, 1.54) is 0 Å². The van der Waals surface area contributed by atoms with E-state index in [-0.39, 0.29) is 30.5 Å². The SMILES string of the molecule is C=C1C(=O)O[C@@H]2/C=C(/C)[C@@]3(OC)CC[C@@](CO)(C[C@@H](OC(=O)[C@H](C)CC)[C@@H]12)O3. The van der Waals surface area contributed by atoms with Crippen molar-refractivity contribution in [3.63, 3.8) is 0 Å². The van der Waals surface area contributed by atoms with Crippen molar-refractivity contribution in [1.82, 2.24) is 0 Å². The predicted octanol–water partition coefficient (Wildman–Crippen LogP) is 2.28. The summed E-state index contributed by atoms with van der Waals surface area (Å²) in [7, 11) is 1.56. The summed E-state index contributed by atoms with van der Waals surface area (Å²) in [6, 6.07) is 0. The average molecular weight is 394 g/mol. The lowest BCUT2D eigenvalue weighted by Crippen LogP contribution is -2.45. The van der Waals surface area contributed by atoms with E-state index in [4.69, 9.17) is 18.9 Å². The molecule has 3 aliphatic heterocycles. The maximum Gasteiger partial charge on any atom is 0.334 e. The highest BCUT2D eigenvalue weighted by molar-refractivity contribution is 5.91. The quantitative estimate of drug-likeness (QED) is 0.434. The highest BCUT2D eigenvalue weighted by Gasteiger charge is 2.56. The zero-order chi connectivity index (χ0) is 20.7. The van der Waals surface area contributed by atoms with Gasteiger partial charge >= 0.3 is 11.9 Å². The smallest absolute Gasteiger partial charge is 0.334 e. The van der Waals surface area contributed by atoms with Crippen molar-refractivity contribution in [2.24, 2.45) is 11.8 Å². The Balaban J connectivity index is 2.05. The molecule has 0 aromatic heterocycles. The number of aliphatic hydroxyl groups excluding tert-OH is 1. The number of esters is 2. The summed E-state index contributed by atoms with van der Waals surface area (Å²) in [5.41, 5.74) is 0.0943. The monoisotopic (exact) mass is 394 g/mol. The van der Waals surface area contributed by atoms with Crippen LogP contribution >= 0.6 is 0 Å². The third-order valence-electron chi connectivity index (χ3n) is 6.44. The molecule has 6 atom stereocenters. The standard InChI is InChI=1S/C21H30O7/c1-6-12(2)18(23)27-16-10-20(11-22)7-8-21(25-5,28-20)13(3)9-15-17(16)14(4)19(24)26-15/h9,12,15-17,22H,4,6-8,10-11H2,1-3,5H3/b13-9-/t12-,15-,16-,17+,20+,21-/m1/s1. The lowest BCUT2D eigenvalue weighted by molar-refractivity contribution is -0.231. The number of aliphatic hydroxyl groups is 1. The number of rotatable bonds is 5. The first kappa shape index (κ1) is 21.0. The number of carbonyl (C=O) groups is 2. The summed E-state index contributed by atoms with van der Waals surface area (Å²) in [4.78, 5) is 24.8. The molecule has 3 rings (SSSR count). The zero-order valence-electron chi connectivity index (χ0n) is 17.0. The number of hydrogen-bond donors (Lipinski definition) is 1. The molecule has 3 heterocycles. The fraction of sp³-hybridized carbons (Fsp3) is 0.714. The number of methoxy groups -OCH3 is 1. The molecule has 0 amide bonds. The number of ether oxygens (including phenoxy) is 4. The first-order chi connectivity index (χ1) is 13.2. The van der Waals surface area contributed by atoms with Crippen LogP contribution in [0.15, 0.2) is 23.8 Å². The molecule has 2 bridgehead atoms. The molecule has 3 aliphatic rings. The van der Waals surface area contributed by atoms with Crippen LogP contribution in [0, 0.1) is 11.8 Å². The summed E-state index contributed by atoms with van der Waals surface area (Å²) in [5, 5.41) is 10.2. The minimum Gasteiger partial charge on any atom is -0.461 e. The minimum absolute atomic E-state index is 0.231. The van der Waals surface area contributed by atoms with Crippen molar-refractivity contribution < 1.29 is 33.6 Å². The van der Waals surface area contributed by atoms with Gasteiger partial charge in [0.25, 0.3) is 0 Å². The van der Waals surface area contributed by atoms with Crippen molar-refractivity contribution in [3.8, 4) is 0 Å². The van der Waals surface area contributed by atoms with Crippen LogP contribution in [0.1, 0.15) is 46.5 Å². The molecule has 0 saturated carbocycles. The first-order valence-electron chi connectivity index (χ1n) is 9.86. The molecule has 0 aliphatic carbocycles. The molecule has 0 radical (unpaired) electrons. The molecule has 0 unspecified atom stereocenters. The second kappa shape index (κ2) is 7.61. The molecule has 7 nitrogen and oxygen atoms in total. The van der Waals surface area contributed by atoms with E-state index in [1.54, 1.807) is 20.1 Å². The Hall–Kier alpha value is -1.70. The van der Waals surface area contributed by atoms with Gasteiger partial charge in [0.1, 0.15) is 12.2 Å². The summed E-state index contributed by atoms with van der Waals surface area (Å²) in [5.74, 6) is -2.65. The number of hydrogen-bond acceptors (Lipinski definition) is 7. The van der Waals surface area contributed by atoms with Gasteiger partial charge in [-0.2, -0.15) is 0 Å². The topological polar surface area (TPSA) is 91.3 Å². The van der Waals surface area contributed by atoms with Crippen LogP contribution in [0.5, 0.6) is 0 Å². The predicted molar refractivity (Wildman–Crippen MR) is 100 cm³/mol. The lowest BCUT2D eigenvalue weighted by atomic mass is 9.81. The fourth-order valence-electron chi connectivity index (χ4n) is 4.34. The van der Waals surface area contributed by atoms with Crippen molar-refractivity contribution in [3.05, 3.63) is 23.8 Å². The normalized spacial score (nSPS) is 40.5. The molecular formula is C21H30O7. The maximum atomic E-state index is 12.6. The Bertz CT molecular complexity index is 699. The summed E-state index contributed by atoms with van der Waals surface area (Å²) in [6.45, 7) is 9.21. The van der Waals surface area contributed by atoms with E-state index in [0.717, 1.165) is 5.57 Å². The van der Waals surface area contributed by atoms with E-state index < -0.39 is 35.5 Å². The molecule has 2 fully saturated rings. The molecule has 1 N–H and O–H groups in total. The third-order valence-corrected chi connectivity index (χ3v) is 6.44.